The molecule has 0 bridgehead atoms. The second kappa shape index (κ2) is 5.40. The van der Waals surface area contributed by atoms with Gasteiger partial charge in [0.25, 0.3) is 0 Å². The number of hydrogen-bond acceptors (Lipinski definition) is 1. The molecule has 1 heterocycles. The lowest BCUT2D eigenvalue weighted by atomic mass is 10.0. The van der Waals surface area contributed by atoms with Crippen LogP contribution in [-0.2, 0) is 6.42 Å². The Labute approximate surface area is 125 Å². The van der Waals surface area contributed by atoms with Gasteiger partial charge in [-0.2, -0.15) is 0 Å². The van der Waals surface area contributed by atoms with E-state index in [1.165, 1.54) is 16.3 Å². The highest BCUT2D eigenvalue weighted by molar-refractivity contribution is 9.09. The van der Waals surface area contributed by atoms with Crippen LogP contribution in [0.4, 0.5) is 0 Å². The van der Waals surface area contributed by atoms with E-state index in [-0.39, 0.29) is 4.83 Å². The van der Waals surface area contributed by atoms with Crippen molar-refractivity contribution < 1.29 is 4.42 Å². The van der Waals surface area contributed by atoms with Gasteiger partial charge in [-0.25, -0.2) is 0 Å². The highest BCUT2D eigenvalue weighted by Gasteiger charge is 2.14. The molecule has 0 saturated heterocycles. The summed E-state index contributed by atoms with van der Waals surface area (Å²) in [6.07, 6.45) is 0.866. The smallest absolute Gasteiger partial charge is 0.193 e. The van der Waals surface area contributed by atoms with Crippen LogP contribution < -0.4 is 0 Å². The van der Waals surface area contributed by atoms with E-state index >= 15 is 0 Å². The van der Waals surface area contributed by atoms with Gasteiger partial charge in [0.05, 0.1) is 4.83 Å². The minimum absolute atomic E-state index is 0.130. The Morgan fingerprint density at radius 1 is 1.00 bits per heavy atom. The zero-order valence-corrected chi connectivity index (χ0v) is 12.5. The number of alkyl halides is 1. The molecule has 0 aliphatic rings. The van der Waals surface area contributed by atoms with Gasteiger partial charge in [0.15, 0.2) is 5.22 Å². The lowest BCUT2D eigenvalue weighted by molar-refractivity contribution is 0.509. The molecule has 3 aromatic rings. The Bertz CT molecular complexity index is 699. The summed E-state index contributed by atoms with van der Waals surface area (Å²) in [5.74, 6) is 0.859. The zero-order chi connectivity index (χ0) is 13.2. The van der Waals surface area contributed by atoms with Crippen LogP contribution in [0.2, 0.25) is 5.22 Å². The first-order valence-electron chi connectivity index (χ1n) is 6.10. The quantitative estimate of drug-likeness (QED) is 0.554. The van der Waals surface area contributed by atoms with Crippen LogP contribution in [-0.4, -0.2) is 0 Å². The van der Waals surface area contributed by atoms with Gasteiger partial charge in [-0.05, 0) is 46.5 Å². The van der Waals surface area contributed by atoms with Gasteiger partial charge in [-0.1, -0.05) is 58.4 Å². The third kappa shape index (κ3) is 2.70. The van der Waals surface area contributed by atoms with Crippen LogP contribution in [0.25, 0.3) is 10.8 Å². The molecule has 1 unspecified atom stereocenters. The number of halogens is 2. The van der Waals surface area contributed by atoms with E-state index in [1.807, 2.05) is 6.07 Å². The summed E-state index contributed by atoms with van der Waals surface area (Å²) in [5, 5.41) is 2.97. The third-order valence-corrected chi connectivity index (χ3v) is 4.16. The molecule has 0 N–H and O–H groups in total. The Morgan fingerprint density at radius 2 is 1.79 bits per heavy atom. The van der Waals surface area contributed by atoms with Gasteiger partial charge in [-0.15, -0.1) is 0 Å². The van der Waals surface area contributed by atoms with E-state index in [0.29, 0.717) is 5.22 Å². The third-order valence-electron chi connectivity index (χ3n) is 3.18. The lowest BCUT2D eigenvalue weighted by Gasteiger charge is -2.10. The molecule has 0 spiro atoms. The van der Waals surface area contributed by atoms with E-state index in [1.54, 1.807) is 6.07 Å². The monoisotopic (exact) mass is 334 g/mol. The predicted molar refractivity (Wildman–Crippen MR) is 83.0 cm³/mol. The molecular weight excluding hydrogens is 324 g/mol. The van der Waals surface area contributed by atoms with Gasteiger partial charge in [-0.3, -0.25) is 0 Å². The van der Waals surface area contributed by atoms with Crippen LogP contribution in [0.5, 0.6) is 0 Å². The van der Waals surface area contributed by atoms with Gasteiger partial charge in [0.2, 0.25) is 0 Å². The standard InChI is InChI=1S/C16H12BrClO/c17-14(15-8-9-16(18)19-15)10-12-6-3-5-11-4-1-2-7-13(11)12/h1-9,14H,10H2. The van der Waals surface area contributed by atoms with Crippen molar-refractivity contribution in [2.24, 2.45) is 0 Å². The maximum Gasteiger partial charge on any atom is 0.193 e. The summed E-state index contributed by atoms with van der Waals surface area (Å²) >= 11 is 9.48. The maximum absolute atomic E-state index is 5.82. The summed E-state index contributed by atoms with van der Waals surface area (Å²) in [6, 6.07) is 18.5. The molecule has 2 aromatic carbocycles. The average Bonchev–Trinajstić information content (AvgIpc) is 2.86. The fraction of sp³-hybridized carbons (Fsp3) is 0.125. The van der Waals surface area contributed by atoms with E-state index in [9.17, 15) is 0 Å². The topological polar surface area (TPSA) is 13.1 Å². The molecule has 0 aliphatic carbocycles. The van der Waals surface area contributed by atoms with Crippen LogP contribution >= 0.6 is 27.5 Å². The van der Waals surface area contributed by atoms with Crippen LogP contribution in [0.1, 0.15) is 16.2 Å². The number of hydrogen-bond donors (Lipinski definition) is 0. The van der Waals surface area contributed by atoms with Crippen molar-refractivity contribution >= 4 is 38.3 Å². The van der Waals surface area contributed by atoms with Crippen molar-refractivity contribution in [2.45, 2.75) is 11.2 Å². The molecule has 19 heavy (non-hydrogen) atoms. The molecular formula is C16H12BrClO. The van der Waals surface area contributed by atoms with Crippen LogP contribution in [0.15, 0.2) is 59.0 Å². The summed E-state index contributed by atoms with van der Waals surface area (Å²) < 4.78 is 5.45. The number of rotatable bonds is 3. The molecule has 1 nitrogen and oxygen atoms in total. The average molecular weight is 336 g/mol. The molecule has 0 radical (unpaired) electrons. The van der Waals surface area contributed by atoms with Gasteiger partial charge in [0.1, 0.15) is 5.76 Å². The first-order chi connectivity index (χ1) is 9.24. The Kier molecular flexibility index (Phi) is 3.63. The molecule has 0 amide bonds. The Morgan fingerprint density at radius 3 is 2.58 bits per heavy atom. The number of benzene rings is 2. The summed E-state index contributed by atoms with van der Waals surface area (Å²) in [5.41, 5.74) is 1.30. The van der Waals surface area contributed by atoms with Crippen LogP contribution in [0, 0.1) is 0 Å². The van der Waals surface area contributed by atoms with E-state index in [4.69, 9.17) is 16.0 Å². The molecule has 3 rings (SSSR count). The second-order valence-corrected chi connectivity index (χ2v) is 5.93. The normalized spacial score (nSPS) is 12.7. The summed E-state index contributed by atoms with van der Waals surface area (Å²) in [4.78, 5) is 0.130. The minimum atomic E-state index is 0.130. The largest absolute Gasteiger partial charge is 0.449 e. The highest BCUT2D eigenvalue weighted by Crippen LogP contribution is 2.32. The lowest BCUT2D eigenvalue weighted by Crippen LogP contribution is -1.94. The van der Waals surface area contributed by atoms with Crippen molar-refractivity contribution in [1.29, 1.82) is 0 Å². The van der Waals surface area contributed by atoms with Gasteiger partial charge < -0.3 is 4.42 Å². The van der Waals surface area contributed by atoms with E-state index in [2.05, 4.69) is 58.4 Å². The van der Waals surface area contributed by atoms with Crippen LogP contribution in [0.3, 0.4) is 0 Å². The van der Waals surface area contributed by atoms with Crippen molar-refractivity contribution in [3.8, 4) is 0 Å². The number of furan rings is 1. The first-order valence-corrected chi connectivity index (χ1v) is 7.39. The maximum atomic E-state index is 5.82. The second-order valence-electron chi connectivity index (χ2n) is 4.45. The first kappa shape index (κ1) is 12.8. The SMILES string of the molecule is Clc1ccc(C(Br)Cc2cccc3ccccc23)o1. The summed E-state index contributed by atoms with van der Waals surface area (Å²) in [7, 11) is 0. The molecule has 96 valence electrons. The molecule has 0 saturated carbocycles. The summed E-state index contributed by atoms with van der Waals surface area (Å²) in [6.45, 7) is 0. The van der Waals surface area contributed by atoms with Crippen molar-refractivity contribution in [1.82, 2.24) is 0 Å². The fourth-order valence-electron chi connectivity index (χ4n) is 2.26. The van der Waals surface area contributed by atoms with Gasteiger partial charge >= 0.3 is 0 Å². The molecule has 0 aliphatic heterocycles. The predicted octanol–water partition coefficient (Wildman–Crippen LogP) is 5.76. The fourth-order valence-corrected chi connectivity index (χ4v) is 3.01. The van der Waals surface area contributed by atoms with Crippen molar-refractivity contribution in [3.63, 3.8) is 0 Å². The Balaban J connectivity index is 1.93. The molecule has 1 atom stereocenters. The molecule has 3 heteroatoms. The van der Waals surface area contributed by atoms with Crippen molar-refractivity contribution in [2.75, 3.05) is 0 Å². The van der Waals surface area contributed by atoms with E-state index < -0.39 is 0 Å². The van der Waals surface area contributed by atoms with E-state index in [0.717, 1.165) is 12.2 Å². The minimum Gasteiger partial charge on any atom is -0.449 e. The molecule has 0 fully saturated rings. The Hall–Kier alpha value is -1.25. The zero-order valence-electron chi connectivity index (χ0n) is 10.1. The number of fused-ring (bicyclic) bond motifs is 1. The highest BCUT2D eigenvalue weighted by atomic mass is 79.9. The molecule has 1 aromatic heterocycles. The van der Waals surface area contributed by atoms with Crippen molar-refractivity contribution in [3.05, 3.63) is 71.1 Å². The van der Waals surface area contributed by atoms with Gasteiger partial charge in [0, 0.05) is 0 Å².